The Hall–Kier alpha value is 0.788. The maximum atomic E-state index is 6.43. The molecular weight excluding hydrogens is 288 g/mol. The van der Waals surface area contributed by atoms with Gasteiger partial charge in [0.15, 0.2) is 25.7 Å². The molecule has 105 valence electrons. The number of hydrogen-bond donors (Lipinski definition) is 0. The quantitative estimate of drug-likeness (QED) is 0.663. The maximum Gasteiger partial charge on any atom is 0.194 e. The summed E-state index contributed by atoms with van der Waals surface area (Å²) < 4.78 is 12.5. The minimum absolute atomic E-state index is 0.584. The van der Waals surface area contributed by atoms with E-state index in [4.69, 9.17) is 8.54 Å². The van der Waals surface area contributed by atoms with E-state index in [0.717, 1.165) is 16.1 Å². The molecule has 0 amide bonds. The highest BCUT2D eigenvalue weighted by molar-refractivity contribution is 6.84. The van der Waals surface area contributed by atoms with E-state index in [1.807, 2.05) is 0 Å². The topological polar surface area (TPSA) is 18.5 Å². The first kappa shape index (κ1) is 16.8. The fourth-order valence-corrected chi connectivity index (χ4v) is 16.8. The van der Waals surface area contributed by atoms with Crippen molar-refractivity contribution < 1.29 is 8.54 Å². The van der Waals surface area contributed by atoms with Gasteiger partial charge in [-0.25, -0.2) is 0 Å². The van der Waals surface area contributed by atoms with Gasteiger partial charge in [-0.15, -0.1) is 0 Å². The summed E-state index contributed by atoms with van der Waals surface area (Å²) in [6.45, 7) is 12.9. The van der Waals surface area contributed by atoms with E-state index in [2.05, 4.69) is 32.7 Å². The second kappa shape index (κ2) is 7.54. The first-order valence-electron chi connectivity index (χ1n) is 7.17. The Morgan fingerprint density at radius 3 is 2.67 bits per heavy atom. The first-order valence-corrected chi connectivity index (χ1v) is 16.9. The molecule has 1 heterocycles. The summed E-state index contributed by atoms with van der Waals surface area (Å²) in [5.41, 5.74) is 1.33. The molecule has 1 atom stereocenters. The molecule has 0 aromatic heterocycles. The summed E-state index contributed by atoms with van der Waals surface area (Å²) in [5, 5.41) is 0. The van der Waals surface area contributed by atoms with E-state index in [9.17, 15) is 0 Å². The Kier molecular flexibility index (Phi) is 7.05. The van der Waals surface area contributed by atoms with Gasteiger partial charge in [0.25, 0.3) is 0 Å². The predicted octanol–water partition coefficient (Wildman–Crippen LogP) is 3.92. The summed E-state index contributed by atoms with van der Waals surface area (Å²) in [6.07, 6.45) is 2.67. The summed E-state index contributed by atoms with van der Waals surface area (Å²) in [5.74, 6) is 0. The minimum Gasteiger partial charge on any atom is -0.456 e. The molecular formula is C12H29O2Si4. The summed E-state index contributed by atoms with van der Waals surface area (Å²) in [7, 11) is -2.21. The molecule has 0 aliphatic carbocycles. The van der Waals surface area contributed by atoms with Gasteiger partial charge < -0.3 is 8.54 Å². The van der Waals surface area contributed by atoms with Crippen LogP contribution in [0, 0.1) is 0 Å². The largest absolute Gasteiger partial charge is 0.456 e. The molecule has 1 unspecified atom stereocenters. The highest BCUT2D eigenvalue weighted by Crippen LogP contribution is 2.28. The Bertz CT molecular complexity index is 242. The highest BCUT2D eigenvalue weighted by Gasteiger charge is 2.33. The number of hydrogen-bond acceptors (Lipinski definition) is 2. The van der Waals surface area contributed by atoms with E-state index in [0.29, 0.717) is 0 Å². The van der Waals surface area contributed by atoms with Crippen molar-refractivity contribution in [3.05, 3.63) is 0 Å². The molecule has 1 aliphatic heterocycles. The van der Waals surface area contributed by atoms with Crippen LogP contribution in [-0.4, -0.2) is 41.8 Å². The van der Waals surface area contributed by atoms with Crippen LogP contribution in [0.2, 0.25) is 56.5 Å². The normalized spacial score (nSPS) is 25.7. The lowest BCUT2D eigenvalue weighted by Gasteiger charge is -2.33. The van der Waals surface area contributed by atoms with Crippen LogP contribution in [0.25, 0.3) is 0 Å². The van der Waals surface area contributed by atoms with Crippen LogP contribution in [0.5, 0.6) is 0 Å². The molecule has 0 aromatic carbocycles. The Morgan fingerprint density at radius 1 is 1.39 bits per heavy atom. The van der Waals surface area contributed by atoms with Crippen LogP contribution in [0.3, 0.4) is 0 Å². The van der Waals surface area contributed by atoms with Crippen molar-refractivity contribution >= 4 is 35.2 Å². The van der Waals surface area contributed by atoms with Crippen molar-refractivity contribution in [2.45, 2.75) is 69.4 Å². The molecule has 0 saturated carbocycles. The lowest BCUT2D eigenvalue weighted by atomic mass is 10.4. The van der Waals surface area contributed by atoms with Crippen LogP contribution in [-0.2, 0) is 8.54 Å². The lowest BCUT2D eigenvalue weighted by Crippen LogP contribution is -2.41. The molecule has 1 fully saturated rings. The zero-order valence-corrected chi connectivity index (χ0v) is 16.8. The summed E-state index contributed by atoms with van der Waals surface area (Å²) in [4.78, 5) is 0. The molecule has 18 heavy (non-hydrogen) atoms. The van der Waals surface area contributed by atoms with Crippen molar-refractivity contribution in [3.63, 3.8) is 0 Å². The van der Waals surface area contributed by atoms with Crippen LogP contribution in [0.1, 0.15) is 12.8 Å². The van der Waals surface area contributed by atoms with Gasteiger partial charge in [-0.05, 0) is 56.4 Å². The molecule has 0 N–H and O–H groups in total. The van der Waals surface area contributed by atoms with E-state index in [1.54, 1.807) is 0 Å². The predicted molar refractivity (Wildman–Crippen MR) is 87.8 cm³/mol. The molecule has 6 heteroatoms. The number of rotatable bonds is 7. The van der Waals surface area contributed by atoms with Gasteiger partial charge in [-0.1, -0.05) is 13.0 Å². The third-order valence-corrected chi connectivity index (χ3v) is 17.1. The monoisotopic (exact) mass is 317 g/mol. The summed E-state index contributed by atoms with van der Waals surface area (Å²) >= 11 is 0. The van der Waals surface area contributed by atoms with Crippen LogP contribution in [0.15, 0.2) is 0 Å². The van der Waals surface area contributed by atoms with Crippen molar-refractivity contribution in [2.24, 2.45) is 0 Å². The van der Waals surface area contributed by atoms with Gasteiger partial charge in [0.2, 0.25) is 0 Å². The zero-order chi connectivity index (χ0) is 13.6. The summed E-state index contributed by atoms with van der Waals surface area (Å²) in [6, 6.07) is 4.01. The molecule has 0 spiro atoms. The van der Waals surface area contributed by atoms with Gasteiger partial charge in [0.1, 0.15) is 0 Å². The second-order valence-corrected chi connectivity index (χ2v) is 18.9. The van der Waals surface area contributed by atoms with Crippen molar-refractivity contribution in [1.82, 2.24) is 0 Å². The first-order chi connectivity index (χ1) is 8.37. The Morgan fingerprint density at radius 2 is 2.11 bits per heavy atom. The Labute approximate surface area is 120 Å². The Balaban J connectivity index is 2.29. The van der Waals surface area contributed by atoms with Crippen LogP contribution >= 0.6 is 0 Å². The fourth-order valence-electron chi connectivity index (χ4n) is 2.61. The van der Waals surface area contributed by atoms with Gasteiger partial charge >= 0.3 is 0 Å². The molecule has 1 aliphatic rings. The van der Waals surface area contributed by atoms with Gasteiger partial charge in [0, 0.05) is 16.1 Å². The second-order valence-electron chi connectivity index (χ2n) is 6.35. The highest BCUT2D eigenvalue weighted by atomic mass is 28.4. The average molecular weight is 318 g/mol. The van der Waals surface area contributed by atoms with Gasteiger partial charge in [0.05, 0.1) is 0 Å². The molecule has 2 nitrogen and oxygen atoms in total. The third kappa shape index (κ3) is 6.29. The van der Waals surface area contributed by atoms with E-state index >= 15 is 0 Å². The fraction of sp³-hybridized carbons (Fsp3) is 1.00. The molecule has 3 radical (unpaired) electrons. The van der Waals surface area contributed by atoms with E-state index in [-0.39, 0.29) is 0 Å². The van der Waals surface area contributed by atoms with Crippen LogP contribution < -0.4 is 0 Å². The van der Waals surface area contributed by atoms with Gasteiger partial charge in [-0.2, -0.15) is 0 Å². The third-order valence-electron chi connectivity index (χ3n) is 3.61. The van der Waals surface area contributed by atoms with E-state index in [1.165, 1.54) is 36.6 Å². The molecule has 1 rings (SSSR count). The zero-order valence-electron chi connectivity index (χ0n) is 12.8. The lowest BCUT2D eigenvalue weighted by molar-refractivity contribution is 0.271. The SMILES string of the molecule is C[Si]C[Si](C)(C)O[Si](C)CC[Si]1(C)CCCCO1. The van der Waals surface area contributed by atoms with Gasteiger partial charge in [-0.3, -0.25) is 0 Å². The molecule has 1 saturated heterocycles. The van der Waals surface area contributed by atoms with Crippen molar-refractivity contribution in [2.75, 3.05) is 6.61 Å². The van der Waals surface area contributed by atoms with Crippen LogP contribution in [0.4, 0.5) is 0 Å². The minimum atomic E-state index is -1.35. The molecule has 0 bridgehead atoms. The average Bonchev–Trinajstić information content (AvgIpc) is 2.27. The smallest absolute Gasteiger partial charge is 0.194 e. The standard InChI is InChI=1S/C12H29O2Si4/c1-15-12-17(3,4)14-16(2)9-11-18(5)10-7-6-8-13-18/h6-12H2,1-5H3. The molecule has 0 aromatic rings. The van der Waals surface area contributed by atoms with Crippen molar-refractivity contribution in [1.29, 1.82) is 0 Å². The maximum absolute atomic E-state index is 6.43. The van der Waals surface area contributed by atoms with Crippen molar-refractivity contribution in [3.8, 4) is 0 Å². The van der Waals surface area contributed by atoms with E-state index < -0.39 is 25.7 Å².